The number of likely N-dealkylation sites (tertiary alicyclic amines) is 1. The average molecular weight is 281 g/mol. The molecule has 2 aliphatic heterocycles. The van der Waals surface area contributed by atoms with Gasteiger partial charge in [-0.3, -0.25) is 0 Å². The van der Waals surface area contributed by atoms with Gasteiger partial charge in [0.1, 0.15) is 11.4 Å². The van der Waals surface area contributed by atoms with E-state index in [1.165, 1.54) is 0 Å². The average Bonchev–Trinajstić information content (AvgIpc) is 2.41. The minimum absolute atomic E-state index is 0.0376. The molecule has 0 amide bonds. The summed E-state index contributed by atoms with van der Waals surface area (Å²) in [6.07, 6.45) is 3.03. The van der Waals surface area contributed by atoms with Crippen LogP contribution in [0.25, 0.3) is 0 Å². The van der Waals surface area contributed by atoms with E-state index in [1.807, 2.05) is 18.2 Å². The number of benzene rings is 1. The van der Waals surface area contributed by atoms with Crippen molar-refractivity contribution in [2.24, 2.45) is 5.73 Å². The van der Waals surface area contributed by atoms with Crippen LogP contribution in [0.3, 0.4) is 0 Å². The number of halogens is 1. The Kier molecular flexibility index (Phi) is 3.46. The lowest BCUT2D eigenvalue weighted by Gasteiger charge is -2.46. The van der Waals surface area contributed by atoms with Crippen molar-refractivity contribution in [1.82, 2.24) is 4.90 Å². The lowest BCUT2D eigenvalue weighted by atomic mass is 9.81. The first-order chi connectivity index (χ1) is 9.12. The van der Waals surface area contributed by atoms with E-state index < -0.39 is 0 Å². The standard InChI is InChI=1S/C15H21ClN2O/c1-2-18-7-5-15(6-8-18)10-13(17)12-9-11(16)3-4-14(12)19-15/h3-4,9,13H,2,5-8,10,17H2,1H3/t13-/m0/s1. The summed E-state index contributed by atoms with van der Waals surface area (Å²) in [5.74, 6) is 0.924. The molecule has 1 spiro atoms. The summed E-state index contributed by atoms with van der Waals surface area (Å²) in [5.41, 5.74) is 7.32. The summed E-state index contributed by atoms with van der Waals surface area (Å²) in [6.45, 7) is 5.54. The molecule has 104 valence electrons. The second-order valence-electron chi connectivity index (χ2n) is 5.71. The Morgan fingerprint density at radius 2 is 2.16 bits per heavy atom. The van der Waals surface area contributed by atoms with Gasteiger partial charge in [0, 0.05) is 36.1 Å². The molecule has 2 aliphatic rings. The van der Waals surface area contributed by atoms with Crippen LogP contribution in [-0.4, -0.2) is 30.1 Å². The summed E-state index contributed by atoms with van der Waals surface area (Å²) >= 11 is 6.04. The molecule has 1 saturated heterocycles. The highest BCUT2D eigenvalue weighted by Gasteiger charge is 2.42. The smallest absolute Gasteiger partial charge is 0.125 e. The van der Waals surface area contributed by atoms with Gasteiger partial charge in [-0.15, -0.1) is 0 Å². The van der Waals surface area contributed by atoms with Crippen molar-refractivity contribution in [3.05, 3.63) is 28.8 Å². The summed E-state index contributed by atoms with van der Waals surface area (Å²) in [7, 11) is 0. The van der Waals surface area contributed by atoms with E-state index in [1.54, 1.807) is 0 Å². The highest BCUT2D eigenvalue weighted by atomic mass is 35.5. The molecule has 1 fully saturated rings. The van der Waals surface area contributed by atoms with E-state index in [4.69, 9.17) is 22.1 Å². The van der Waals surface area contributed by atoms with Gasteiger partial charge in [-0.1, -0.05) is 18.5 Å². The van der Waals surface area contributed by atoms with E-state index in [-0.39, 0.29) is 11.6 Å². The van der Waals surface area contributed by atoms with Crippen LogP contribution in [-0.2, 0) is 0 Å². The number of hydrogen-bond acceptors (Lipinski definition) is 3. The minimum Gasteiger partial charge on any atom is -0.487 e. The molecule has 0 radical (unpaired) electrons. The Morgan fingerprint density at radius 3 is 2.84 bits per heavy atom. The summed E-state index contributed by atoms with van der Waals surface area (Å²) < 4.78 is 6.31. The molecule has 2 N–H and O–H groups in total. The Morgan fingerprint density at radius 1 is 1.42 bits per heavy atom. The molecule has 3 nitrogen and oxygen atoms in total. The second kappa shape index (κ2) is 4.97. The first kappa shape index (κ1) is 13.2. The maximum Gasteiger partial charge on any atom is 0.125 e. The Labute approximate surface area is 119 Å². The molecule has 3 rings (SSSR count). The van der Waals surface area contributed by atoms with Gasteiger partial charge in [0.2, 0.25) is 0 Å². The first-order valence-corrected chi connectivity index (χ1v) is 7.46. The third-order valence-corrected chi connectivity index (χ3v) is 4.74. The predicted molar refractivity (Wildman–Crippen MR) is 77.7 cm³/mol. The third kappa shape index (κ3) is 2.47. The molecule has 1 atom stereocenters. The number of piperidine rings is 1. The molecule has 0 unspecified atom stereocenters. The van der Waals surface area contributed by atoms with Gasteiger partial charge < -0.3 is 15.4 Å². The second-order valence-corrected chi connectivity index (χ2v) is 6.15. The van der Waals surface area contributed by atoms with Crippen molar-refractivity contribution < 1.29 is 4.74 Å². The number of nitrogens with two attached hydrogens (primary N) is 1. The Hall–Kier alpha value is -0.770. The summed E-state index contributed by atoms with van der Waals surface area (Å²) in [6, 6.07) is 5.82. The fourth-order valence-electron chi connectivity index (χ4n) is 3.27. The third-order valence-electron chi connectivity index (χ3n) is 4.50. The van der Waals surface area contributed by atoms with Crippen molar-refractivity contribution in [3.63, 3.8) is 0 Å². The molecule has 19 heavy (non-hydrogen) atoms. The molecule has 0 saturated carbocycles. The normalized spacial score (nSPS) is 25.9. The van der Waals surface area contributed by atoms with E-state index in [2.05, 4.69) is 11.8 Å². The van der Waals surface area contributed by atoms with Gasteiger partial charge in [-0.05, 0) is 37.6 Å². The van der Waals surface area contributed by atoms with E-state index in [9.17, 15) is 0 Å². The molecule has 2 heterocycles. The largest absolute Gasteiger partial charge is 0.487 e. The molecule has 0 bridgehead atoms. The van der Waals surface area contributed by atoms with Gasteiger partial charge in [0.25, 0.3) is 0 Å². The van der Waals surface area contributed by atoms with Crippen LogP contribution >= 0.6 is 11.6 Å². The molecule has 0 aromatic heterocycles. The SMILES string of the molecule is CCN1CCC2(CC1)C[C@H](N)c1cc(Cl)ccc1O2. The maximum absolute atomic E-state index is 6.34. The van der Waals surface area contributed by atoms with Crippen LogP contribution in [0, 0.1) is 0 Å². The number of nitrogens with zero attached hydrogens (tertiary/aromatic N) is 1. The highest BCUT2D eigenvalue weighted by molar-refractivity contribution is 6.30. The van der Waals surface area contributed by atoms with Gasteiger partial charge in [0.15, 0.2) is 0 Å². The fraction of sp³-hybridized carbons (Fsp3) is 0.600. The zero-order valence-electron chi connectivity index (χ0n) is 11.4. The molecule has 1 aromatic rings. The zero-order valence-corrected chi connectivity index (χ0v) is 12.1. The number of ether oxygens (including phenoxy) is 1. The molecular weight excluding hydrogens is 260 g/mol. The van der Waals surface area contributed by atoms with Gasteiger partial charge in [0.05, 0.1) is 0 Å². The van der Waals surface area contributed by atoms with Crippen LogP contribution in [0.15, 0.2) is 18.2 Å². The van der Waals surface area contributed by atoms with Crippen LogP contribution in [0.2, 0.25) is 5.02 Å². The van der Waals surface area contributed by atoms with Crippen molar-refractivity contribution in [2.75, 3.05) is 19.6 Å². The van der Waals surface area contributed by atoms with Gasteiger partial charge in [-0.2, -0.15) is 0 Å². The lowest BCUT2D eigenvalue weighted by Crippen LogP contribution is -2.51. The van der Waals surface area contributed by atoms with Gasteiger partial charge >= 0.3 is 0 Å². The Balaban J connectivity index is 1.83. The van der Waals surface area contributed by atoms with Crippen LogP contribution < -0.4 is 10.5 Å². The lowest BCUT2D eigenvalue weighted by molar-refractivity contribution is -0.0205. The number of rotatable bonds is 1. The van der Waals surface area contributed by atoms with Crippen molar-refractivity contribution in [2.45, 2.75) is 37.8 Å². The van der Waals surface area contributed by atoms with E-state index in [0.717, 1.165) is 55.2 Å². The molecule has 4 heteroatoms. The minimum atomic E-state index is -0.0636. The first-order valence-electron chi connectivity index (χ1n) is 7.08. The van der Waals surface area contributed by atoms with E-state index in [0.29, 0.717) is 0 Å². The summed E-state index contributed by atoms with van der Waals surface area (Å²) in [5, 5.41) is 0.731. The maximum atomic E-state index is 6.34. The van der Waals surface area contributed by atoms with Crippen molar-refractivity contribution in [1.29, 1.82) is 0 Å². The summed E-state index contributed by atoms with van der Waals surface area (Å²) in [4.78, 5) is 2.47. The van der Waals surface area contributed by atoms with E-state index >= 15 is 0 Å². The molecular formula is C15H21ClN2O. The van der Waals surface area contributed by atoms with Gasteiger partial charge in [-0.25, -0.2) is 0 Å². The molecule has 1 aromatic carbocycles. The van der Waals surface area contributed by atoms with Crippen molar-refractivity contribution in [3.8, 4) is 5.75 Å². The highest BCUT2D eigenvalue weighted by Crippen LogP contribution is 2.43. The van der Waals surface area contributed by atoms with Crippen LogP contribution in [0.4, 0.5) is 0 Å². The zero-order chi connectivity index (χ0) is 13.5. The quantitative estimate of drug-likeness (QED) is 0.859. The van der Waals surface area contributed by atoms with Crippen LogP contribution in [0.1, 0.15) is 37.8 Å². The fourth-order valence-corrected chi connectivity index (χ4v) is 3.45. The Bertz CT molecular complexity index is 469. The topological polar surface area (TPSA) is 38.5 Å². The monoisotopic (exact) mass is 280 g/mol. The van der Waals surface area contributed by atoms with Crippen molar-refractivity contribution >= 4 is 11.6 Å². The number of hydrogen-bond donors (Lipinski definition) is 1. The molecule has 0 aliphatic carbocycles. The van der Waals surface area contributed by atoms with Crippen LogP contribution in [0.5, 0.6) is 5.75 Å². The predicted octanol–water partition coefficient (Wildman–Crippen LogP) is 2.98. The number of fused-ring (bicyclic) bond motifs is 1.